The minimum absolute atomic E-state index is 0.101. The molecule has 3 heterocycles. The highest BCUT2D eigenvalue weighted by atomic mass is 19.1. The number of pyridine rings is 1. The van der Waals surface area contributed by atoms with Gasteiger partial charge in [0.2, 0.25) is 5.88 Å². The summed E-state index contributed by atoms with van der Waals surface area (Å²) in [5.74, 6) is -0.574. The lowest BCUT2D eigenvalue weighted by atomic mass is 10.1. The summed E-state index contributed by atoms with van der Waals surface area (Å²) in [7, 11) is 1.34. The van der Waals surface area contributed by atoms with Gasteiger partial charge in [-0.1, -0.05) is 18.2 Å². The molecule has 11 heteroatoms. The topological polar surface area (TPSA) is 108 Å². The lowest BCUT2D eigenvalue weighted by molar-refractivity contribution is 0.0601. The molecule has 0 spiro atoms. The molecular formula is C35H28F2N6O3. The standard InChI is InChI=1S/C35H28F2N6O3/c1-3-43-26(13-14-39-43)20-42-32-18-24(35(44)45-2)10-12-31(32)40-33(42)17-22-8-11-27(29(37)15-22)30-5-4-6-34(41-30)46-21-25-9-7-23(19-38)16-28(25)36/h4-16,18H,3,17,20-21H2,1-2H3. The van der Waals surface area contributed by atoms with E-state index in [1.54, 1.807) is 48.7 Å². The molecule has 0 atom stereocenters. The van der Waals surface area contributed by atoms with Crippen molar-refractivity contribution in [2.24, 2.45) is 0 Å². The quantitative estimate of drug-likeness (QED) is 0.162. The molecule has 0 saturated carbocycles. The maximum Gasteiger partial charge on any atom is 0.337 e. The third-order valence-corrected chi connectivity index (χ3v) is 7.63. The first-order chi connectivity index (χ1) is 22.4. The largest absolute Gasteiger partial charge is 0.473 e. The fraction of sp³-hybridized carbons (Fsp3) is 0.171. The van der Waals surface area contributed by atoms with Gasteiger partial charge in [-0.25, -0.2) is 23.5 Å². The van der Waals surface area contributed by atoms with Crippen molar-refractivity contribution in [3.8, 4) is 23.2 Å². The van der Waals surface area contributed by atoms with Crippen LogP contribution in [0.5, 0.6) is 5.88 Å². The molecule has 46 heavy (non-hydrogen) atoms. The highest BCUT2D eigenvalue weighted by Crippen LogP contribution is 2.27. The second-order valence-corrected chi connectivity index (χ2v) is 10.5. The zero-order valence-electron chi connectivity index (χ0n) is 25.1. The van der Waals surface area contributed by atoms with Crippen LogP contribution in [0.2, 0.25) is 0 Å². The Morgan fingerprint density at radius 1 is 0.978 bits per heavy atom. The number of methoxy groups -OCH3 is 1. The minimum atomic E-state index is -0.551. The highest BCUT2D eigenvalue weighted by molar-refractivity contribution is 5.93. The molecule has 0 unspecified atom stereocenters. The molecule has 3 aromatic heterocycles. The molecule has 0 aliphatic rings. The molecule has 0 aliphatic carbocycles. The van der Waals surface area contributed by atoms with E-state index < -0.39 is 17.6 Å². The number of esters is 1. The van der Waals surface area contributed by atoms with E-state index in [4.69, 9.17) is 19.7 Å². The van der Waals surface area contributed by atoms with Crippen LogP contribution in [0.15, 0.2) is 85.1 Å². The first-order valence-corrected chi connectivity index (χ1v) is 14.5. The summed E-state index contributed by atoms with van der Waals surface area (Å²) < 4.78 is 44.4. The first kappa shape index (κ1) is 30.1. The number of nitriles is 1. The van der Waals surface area contributed by atoms with Crippen LogP contribution in [-0.4, -0.2) is 37.4 Å². The predicted molar refractivity (Wildman–Crippen MR) is 166 cm³/mol. The van der Waals surface area contributed by atoms with Gasteiger partial charge in [0, 0.05) is 36.4 Å². The Labute approximate surface area is 263 Å². The number of rotatable bonds is 10. The van der Waals surface area contributed by atoms with Gasteiger partial charge in [0.25, 0.3) is 0 Å². The van der Waals surface area contributed by atoms with Crippen molar-refractivity contribution in [3.63, 3.8) is 0 Å². The molecule has 9 nitrogen and oxygen atoms in total. The maximum atomic E-state index is 15.6. The van der Waals surface area contributed by atoms with Crippen molar-refractivity contribution in [2.75, 3.05) is 7.11 Å². The van der Waals surface area contributed by atoms with Gasteiger partial charge in [-0.2, -0.15) is 10.4 Å². The summed E-state index contributed by atoms with van der Waals surface area (Å²) in [5.41, 5.74) is 4.64. The summed E-state index contributed by atoms with van der Waals surface area (Å²) in [6, 6.07) is 23.1. The summed E-state index contributed by atoms with van der Waals surface area (Å²) >= 11 is 0. The Hall–Kier alpha value is -5.89. The van der Waals surface area contributed by atoms with Crippen LogP contribution in [0.4, 0.5) is 8.78 Å². The number of hydrogen-bond acceptors (Lipinski definition) is 7. The summed E-state index contributed by atoms with van der Waals surface area (Å²) in [6.07, 6.45) is 2.07. The van der Waals surface area contributed by atoms with E-state index >= 15 is 4.39 Å². The Kier molecular flexibility index (Phi) is 8.52. The number of nitrogens with zero attached hydrogens (tertiary/aromatic N) is 6. The summed E-state index contributed by atoms with van der Waals surface area (Å²) in [6.45, 7) is 3.05. The van der Waals surface area contributed by atoms with Crippen molar-refractivity contribution in [1.29, 1.82) is 5.26 Å². The lowest BCUT2D eigenvalue weighted by Crippen LogP contribution is -2.11. The molecule has 0 amide bonds. The lowest BCUT2D eigenvalue weighted by Gasteiger charge is -2.12. The molecule has 0 saturated heterocycles. The van der Waals surface area contributed by atoms with E-state index in [0.717, 1.165) is 17.3 Å². The predicted octanol–water partition coefficient (Wildman–Crippen LogP) is 6.47. The number of benzene rings is 3. The molecule has 3 aromatic carbocycles. The Bertz CT molecular complexity index is 2110. The second-order valence-electron chi connectivity index (χ2n) is 10.5. The van der Waals surface area contributed by atoms with Gasteiger partial charge >= 0.3 is 5.97 Å². The number of carbonyl (C=O) groups is 1. The SMILES string of the molecule is CCn1nccc1Cn1c(Cc2ccc(-c3cccc(OCc4ccc(C#N)cc4F)n3)c(F)c2)nc2ccc(C(=O)OC)cc21. The van der Waals surface area contributed by atoms with Crippen LogP contribution in [0.1, 0.15) is 45.5 Å². The fourth-order valence-electron chi connectivity index (χ4n) is 5.26. The van der Waals surface area contributed by atoms with Gasteiger partial charge in [0.1, 0.15) is 24.1 Å². The van der Waals surface area contributed by atoms with Crippen LogP contribution < -0.4 is 4.74 Å². The number of hydrogen-bond donors (Lipinski definition) is 0. The number of imidazole rings is 1. The van der Waals surface area contributed by atoms with Crippen molar-refractivity contribution >= 4 is 17.0 Å². The van der Waals surface area contributed by atoms with Crippen LogP contribution in [0.25, 0.3) is 22.3 Å². The third-order valence-electron chi connectivity index (χ3n) is 7.63. The molecule has 0 N–H and O–H groups in total. The Morgan fingerprint density at radius 3 is 2.61 bits per heavy atom. The Morgan fingerprint density at radius 2 is 1.85 bits per heavy atom. The van der Waals surface area contributed by atoms with E-state index in [2.05, 4.69) is 10.1 Å². The fourth-order valence-corrected chi connectivity index (χ4v) is 5.26. The molecule has 6 aromatic rings. The van der Waals surface area contributed by atoms with E-state index in [1.807, 2.05) is 34.4 Å². The summed E-state index contributed by atoms with van der Waals surface area (Å²) in [4.78, 5) is 21.5. The maximum absolute atomic E-state index is 15.6. The molecule has 0 radical (unpaired) electrons. The number of carbonyl (C=O) groups excluding carboxylic acids is 1. The van der Waals surface area contributed by atoms with Crippen LogP contribution >= 0.6 is 0 Å². The smallest absolute Gasteiger partial charge is 0.337 e. The van der Waals surface area contributed by atoms with Crippen LogP contribution in [0.3, 0.4) is 0 Å². The zero-order valence-corrected chi connectivity index (χ0v) is 25.1. The monoisotopic (exact) mass is 618 g/mol. The van der Waals surface area contributed by atoms with Crippen molar-refractivity contribution in [3.05, 3.63) is 130 Å². The van der Waals surface area contributed by atoms with E-state index in [-0.39, 0.29) is 29.2 Å². The molecule has 0 fully saturated rings. The molecular weight excluding hydrogens is 590 g/mol. The molecule has 0 aliphatic heterocycles. The zero-order chi connectivity index (χ0) is 32.2. The number of aromatic nitrogens is 5. The average Bonchev–Trinajstić information content (AvgIpc) is 3.67. The van der Waals surface area contributed by atoms with Gasteiger partial charge in [-0.3, -0.25) is 4.68 Å². The van der Waals surface area contributed by atoms with Crippen molar-refractivity contribution < 1.29 is 23.0 Å². The van der Waals surface area contributed by atoms with Crippen molar-refractivity contribution in [2.45, 2.75) is 33.0 Å². The average molecular weight is 619 g/mol. The number of ether oxygens (including phenoxy) is 2. The normalized spacial score (nSPS) is 11.0. The number of halogens is 2. The van der Waals surface area contributed by atoms with Gasteiger partial charge in [-0.05, 0) is 67.1 Å². The van der Waals surface area contributed by atoms with E-state index in [9.17, 15) is 9.18 Å². The van der Waals surface area contributed by atoms with Gasteiger partial charge in [0.05, 0.1) is 53.3 Å². The van der Waals surface area contributed by atoms with Gasteiger partial charge in [-0.15, -0.1) is 0 Å². The van der Waals surface area contributed by atoms with Crippen LogP contribution in [0, 0.1) is 23.0 Å². The first-order valence-electron chi connectivity index (χ1n) is 14.5. The summed E-state index contributed by atoms with van der Waals surface area (Å²) in [5, 5.41) is 13.3. The molecule has 0 bridgehead atoms. The highest BCUT2D eigenvalue weighted by Gasteiger charge is 2.18. The molecule has 6 rings (SSSR count). The Balaban J connectivity index is 1.26. The van der Waals surface area contributed by atoms with Gasteiger partial charge < -0.3 is 14.0 Å². The van der Waals surface area contributed by atoms with Crippen LogP contribution in [-0.2, 0) is 30.9 Å². The molecule has 230 valence electrons. The van der Waals surface area contributed by atoms with Crippen molar-refractivity contribution in [1.82, 2.24) is 24.3 Å². The van der Waals surface area contributed by atoms with Gasteiger partial charge in [0.15, 0.2) is 0 Å². The van der Waals surface area contributed by atoms with E-state index in [1.165, 1.54) is 25.3 Å². The third kappa shape index (κ3) is 6.19. The number of aryl methyl sites for hydroxylation is 1. The van der Waals surface area contributed by atoms with E-state index in [0.29, 0.717) is 47.7 Å². The second kappa shape index (κ2) is 13.0. The minimum Gasteiger partial charge on any atom is -0.473 e. The number of fused-ring (bicyclic) bond motifs is 1.